The molecule has 0 aliphatic heterocycles. The molecule has 3 unspecified atom stereocenters. The Labute approximate surface area is 129 Å². The molecule has 0 spiro atoms. The third kappa shape index (κ3) is 2.90. The highest BCUT2D eigenvalue weighted by molar-refractivity contribution is 7.12. The van der Waals surface area contributed by atoms with E-state index in [-0.39, 0.29) is 0 Å². The molecule has 1 saturated carbocycles. The van der Waals surface area contributed by atoms with E-state index < -0.39 is 22.9 Å². The van der Waals surface area contributed by atoms with Crippen molar-refractivity contribution in [1.82, 2.24) is 4.98 Å². The van der Waals surface area contributed by atoms with E-state index in [9.17, 15) is 15.0 Å². The Morgan fingerprint density at radius 2 is 2.29 bits per heavy atom. The number of aromatic nitrogens is 1. The van der Waals surface area contributed by atoms with Crippen LogP contribution in [0.3, 0.4) is 0 Å². The lowest BCUT2D eigenvalue weighted by Gasteiger charge is -2.45. The third-order valence-electron chi connectivity index (χ3n) is 4.81. The van der Waals surface area contributed by atoms with Gasteiger partial charge < -0.3 is 10.2 Å². The number of carbonyl (C=O) groups is 1. The van der Waals surface area contributed by atoms with Crippen molar-refractivity contribution in [3.8, 4) is 0 Å². The number of carboxylic acid groups (broad SMARTS) is 1. The Bertz CT molecular complexity index is 568. The van der Waals surface area contributed by atoms with Gasteiger partial charge in [0.05, 0.1) is 5.92 Å². The van der Waals surface area contributed by atoms with Gasteiger partial charge in [-0.1, -0.05) is 20.4 Å². The van der Waals surface area contributed by atoms with Crippen molar-refractivity contribution in [3.63, 3.8) is 0 Å². The van der Waals surface area contributed by atoms with Crippen molar-refractivity contribution in [2.45, 2.75) is 52.1 Å². The maximum Gasteiger partial charge on any atom is 0.307 e. The monoisotopic (exact) mass is 309 g/mol. The van der Waals surface area contributed by atoms with E-state index in [4.69, 9.17) is 0 Å². The van der Waals surface area contributed by atoms with Crippen LogP contribution in [0.25, 0.3) is 5.57 Å². The standard InChI is InChI=1S/C16H23NO3S/c1-5-15(4)9-16(20,7-6-11(15)13(18)19)14-17-8-12(21-14)10(2)3/h8,11,20H,2,5-7,9H2,1,3-4H3,(H,18,19). The number of thiazole rings is 1. The molecule has 0 radical (unpaired) electrons. The summed E-state index contributed by atoms with van der Waals surface area (Å²) in [5.41, 5.74) is -0.497. The molecule has 0 amide bonds. The molecule has 1 aliphatic rings. The van der Waals surface area contributed by atoms with Gasteiger partial charge in [-0.15, -0.1) is 11.3 Å². The first-order chi connectivity index (χ1) is 9.72. The van der Waals surface area contributed by atoms with E-state index in [1.54, 1.807) is 6.20 Å². The normalized spacial score (nSPS) is 32.9. The molecule has 116 valence electrons. The van der Waals surface area contributed by atoms with Crippen molar-refractivity contribution in [3.05, 3.63) is 22.7 Å². The topological polar surface area (TPSA) is 70.4 Å². The molecule has 0 bridgehead atoms. The van der Waals surface area contributed by atoms with Gasteiger partial charge in [-0.2, -0.15) is 0 Å². The lowest BCUT2D eigenvalue weighted by atomic mass is 9.61. The summed E-state index contributed by atoms with van der Waals surface area (Å²) in [7, 11) is 0. The van der Waals surface area contributed by atoms with Gasteiger partial charge in [-0.3, -0.25) is 4.79 Å². The van der Waals surface area contributed by atoms with Crippen LogP contribution in [0.5, 0.6) is 0 Å². The van der Waals surface area contributed by atoms with Crippen molar-refractivity contribution >= 4 is 22.9 Å². The number of hydrogen-bond acceptors (Lipinski definition) is 4. The average molecular weight is 309 g/mol. The molecule has 1 aliphatic carbocycles. The summed E-state index contributed by atoms with van der Waals surface area (Å²) in [5.74, 6) is -1.16. The summed E-state index contributed by atoms with van der Waals surface area (Å²) < 4.78 is 0. The summed E-state index contributed by atoms with van der Waals surface area (Å²) in [6.07, 6.45) is 3.84. The van der Waals surface area contributed by atoms with Gasteiger partial charge in [-0.25, -0.2) is 4.98 Å². The molecule has 0 saturated heterocycles. The smallest absolute Gasteiger partial charge is 0.307 e. The first-order valence-electron chi connectivity index (χ1n) is 7.29. The van der Waals surface area contributed by atoms with Crippen LogP contribution in [0.2, 0.25) is 0 Å². The number of aliphatic carboxylic acids is 1. The van der Waals surface area contributed by atoms with Crippen molar-refractivity contribution in [2.75, 3.05) is 0 Å². The zero-order valence-corrected chi connectivity index (χ0v) is 13.7. The van der Waals surface area contributed by atoms with Crippen LogP contribution >= 0.6 is 11.3 Å². The van der Waals surface area contributed by atoms with E-state index in [0.29, 0.717) is 24.3 Å². The summed E-state index contributed by atoms with van der Waals surface area (Å²) in [6, 6.07) is 0. The third-order valence-corrected chi connectivity index (χ3v) is 6.17. The van der Waals surface area contributed by atoms with E-state index in [2.05, 4.69) is 11.6 Å². The first-order valence-corrected chi connectivity index (χ1v) is 8.11. The first kappa shape index (κ1) is 16.2. The summed E-state index contributed by atoms with van der Waals surface area (Å²) in [4.78, 5) is 16.8. The highest BCUT2D eigenvalue weighted by atomic mass is 32.1. The number of nitrogens with zero attached hydrogens (tertiary/aromatic N) is 1. The van der Waals surface area contributed by atoms with Crippen molar-refractivity contribution in [1.29, 1.82) is 0 Å². The van der Waals surface area contributed by atoms with E-state index in [1.807, 2.05) is 20.8 Å². The minimum atomic E-state index is -1.02. The molecule has 2 N–H and O–H groups in total. The fourth-order valence-electron chi connectivity index (χ4n) is 3.27. The van der Waals surface area contributed by atoms with Gasteiger partial charge in [0.15, 0.2) is 0 Å². The van der Waals surface area contributed by atoms with Crippen molar-refractivity contribution in [2.24, 2.45) is 11.3 Å². The average Bonchev–Trinajstić information content (AvgIpc) is 2.88. The number of allylic oxidation sites excluding steroid dienone is 1. The van der Waals surface area contributed by atoms with Gasteiger partial charge in [-0.05, 0) is 43.6 Å². The highest BCUT2D eigenvalue weighted by Gasteiger charge is 2.50. The zero-order chi connectivity index (χ0) is 15.8. The van der Waals surface area contributed by atoms with Crippen molar-refractivity contribution < 1.29 is 15.0 Å². The molecule has 5 heteroatoms. The van der Waals surface area contributed by atoms with E-state index in [0.717, 1.165) is 16.9 Å². The molecule has 4 nitrogen and oxygen atoms in total. The lowest BCUT2D eigenvalue weighted by molar-refractivity contribution is -0.155. The van der Waals surface area contributed by atoms with Gasteiger partial charge in [0.25, 0.3) is 0 Å². The maximum absolute atomic E-state index is 11.5. The molecule has 1 heterocycles. The van der Waals surface area contributed by atoms with E-state index >= 15 is 0 Å². The number of aliphatic hydroxyl groups is 1. The minimum absolute atomic E-state index is 0.400. The molecular formula is C16H23NO3S. The van der Waals surface area contributed by atoms with Crippen LogP contribution < -0.4 is 0 Å². The van der Waals surface area contributed by atoms with E-state index in [1.165, 1.54) is 11.3 Å². The molecule has 2 rings (SSSR count). The van der Waals surface area contributed by atoms with Gasteiger partial charge in [0.1, 0.15) is 10.6 Å². The second-order valence-electron chi connectivity index (χ2n) is 6.46. The Hall–Kier alpha value is -1.20. The van der Waals surface area contributed by atoms with Gasteiger partial charge in [0.2, 0.25) is 0 Å². The second-order valence-corrected chi connectivity index (χ2v) is 7.49. The molecule has 3 atom stereocenters. The minimum Gasteiger partial charge on any atom is -0.481 e. The Morgan fingerprint density at radius 1 is 1.62 bits per heavy atom. The Balaban J connectivity index is 2.32. The molecule has 1 fully saturated rings. The van der Waals surface area contributed by atoms with Crippen LogP contribution in [-0.4, -0.2) is 21.2 Å². The fraction of sp³-hybridized carbons (Fsp3) is 0.625. The second kappa shape index (κ2) is 5.54. The van der Waals surface area contributed by atoms with Crippen LogP contribution in [-0.2, 0) is 10.4 Å². The Morgan fingerprint density at radius 3 is 2.76 bits per heavy atom. The predicted molar refractivity (Wildman–Crippen MR) is 84.1 cm³/mol. The SMILES string of the molecule is C=C(C)c1cnc(C2(O)CCC(C(=O)O)C(C)(CC)C2)s1. The molecule has 0 aromatic carbocycles. The largest absolute Gasteiger partial charge is 0.481 e. The summed E-state index contributed by atoms with van der Waals surface area (Å²) in [5, 5.41) is 21.1. The molecule has 1 aromatic rings. The summed E-state index contributed by atoms with van der Waals surface area (Å²) >= 11 is 1.46. The van der Waals surface area contributed by atoms with Gasteiger partial charge >= 0.3 is 5.97 Å². The predicted octanol–water partition coefficient (Wildman–Crippen LogP) is 3.66. The number of hydrogen-bond donors (Lipinski definition) is 2. The lowest BCUT2D eigenvalue weighted by Crippen LogP contribution is -2.45. The fourth-order valence-corrected chi connectivity index (χ4v) is 4.23. The summed E-state index contributed by atoms with van der Waals surface area (Å²) in [6.45, 7) is 9.76. The Kier molecular flexibility index (Phi) is 4.26. The van der Waals surface area contributed by atoms with Crippen LogP contribution in [0.1, 0.15) is 56.3 Å². The van der Waals surface area contributed by atoms with Crippen LogP contribution in [0, 0.1) is 11.3 Å². The quantitative estimate of drug-likeness (QED) is 0.890. The maximum atomic E-state index is 11.5. The number of carboxylic acids is 1. The molecule has 21 heavy (non-hydrogen) atoms. The zero-order valence-electron chi connectivity index (χ0n) is 12.8. The number of rotatable bonds is 4. The van der Waals surface area contributed by atoms with Gasteiger partial charge in [0, 0.05) is 11.1 Å². The van der Waals surface area contributed by atoms with Crippen LogP contribution in [0.4, 0.5) is 0 Å². The van der Waals surface area contributed by atoms with Crippen LogP contribution in [0.15, 0.2) is 12.8 Å². The highest BCUT2D eigenvalue weighted by Crippen LogP contribution is 2.52. The molecule has 1 aromatic heterocycles. The molecular weight excluding hydrogens is 286 g/mol.